The molecule has 0 fully saturated rings. The molecule has 0 aromatic carbocycles. The van der Waals surface area contributed by atoms with E-state index in [1.807, 2.05) is 0 Å². The van der Waals surface area contributed by atoms with Crippen molar-refractivity contribution in [1.82, 2.24) is 0 Å². The standard InChI is InChI=1S/C7H10F2O2.C4H6F2O.C3H6O2.CH4.I3.I2.HI/c1-3-6(10)11-4-5(2)7(8)9;1-3(2-7)4(5)6;1-2-3(4)5;;1-3-2;1-2;/h3-4H2,1-2H3;7H,2H2,1H3;2H2,1H3,(H,4,5);1H4;;;1H/q;;;;-1;;. The van der Waals surface area contributed by atoms with Crippen LogP contribution in [0.25, 0.3) is 0 Å². The van der Waals surface area contributed by atoms with Crippen LogP contribution in [-0.4, -0.2) is 35.4 Å². The molecule has 0 aliphatic heterocycles. The van der Waals surface area contributed by atoms with Crippen LogP contribution in [0.15, 0.2) is 23.3 Å². The number of carbonyl (C=O) groups excluding carboxylic acids is 1. The zero-order valence-electron chi connectivity index (χ0n) is 15.8. The van der Waals surface area contributed by atoms with Crippen LogP contribution in [0, 0.1) is 0 Å². The van der Waals surface area contributed by atoms with Gasteiger partial charge in [0.2, 0.25) is 0 Å². The Morgan fingerprint density at radius 3 is 1.37 bits per heavy atom. The molecule has 0 rings (SSSR count). The third-order valence-electron chi connectivity index (χ3n) is 1.92. The van der Waals surface area contributed by atoms with Gasteiger partial charge in [-0.05, 0) is 13.8 Å². The molecule has 0 atom stereocenters. The third-order valence-corrected chi connectivity index (χ3v) is 1.92. The Labute approximate surface area is 246 Å². The maximum atomic E-state index is 11.7. The van der Waals surface area contributed by atoms with Crippen LogP contribution >= 0.6 is 98.4 Å². The number of carbonyl (C=O) groups is 2. The first kappa shape index (κ1) is 49.6. The Hall–Kier alpha value is 2.48. The van der Waals surface area contributed by atoms with Crippen molar-refractivity contribution >= 4 is 110 Å². The van der Waals surface area contributed by atoms with Gasteiger partial charge in [-0.1, -0.05) is 21.3 Å². The second-order valence-electron chi connectivity index (χ2n) is 4.06. The van der Waals surface area contributed by atoms with E-state index in [4.69, 9.17) is 10.2 Å². The first-order valence-electron chi connectivity index (χ1n) is 6.95. The monoisotopic (exact) mass is 1120 g/mol. The van der Waals surface area contributed by atoms with Crippen molar-refractivity contribution in [2.45, 2.75) is 48.0 Å². The van der Waals surface area contributed by atoms with Gasteiger partial charge in [-0.25, -0.2) is 0 Å². The summed E-state index contributed by atoms with van der Waals surface area (Å²) in [4.78, 5) is 19.8. The van der Waals surface area contributed by atoms with Gasteiger partial charge in [0.05, 0.1) is 6.61 Å². The fourth-order valence-corrected chi connectivity index (χ4v) is 0.405. The van der Waals surface area contributed by atoms with Crippen LogP contribution in [-0.2, 0) is 14.3 Å². The second kappa shape index (κ2) is 41.7. The van der Waals surface area contributed by atoms with Crippen molar-refractivity contribution in [1.29, 1.82) is 0 Å². The molecule has 0 aliphatic rings. The Morgan fingerprint density at radius 2 is 1.23 bits per heavy atom. The van der Waals surface area contributed by atoms with Gasteiger partial charge in [0.15, 0.2) is 0 Å². The van der Waals surface area contributed by atoms with Gasteiger partial charge in [-0.2, -0.15) is 17.6 Å². The minimum atomic E-state index is -1.79. The molecule has 15 heteroatoms. The van der Waals surface area contributed by atoms with Crippen molar-refractivity contribution < 1.29 is 55.4 Å². The first-order valence-corrected chi connectivity index (χ1v) is 25.8. The molecular formula is C15H27F4I6O5-. The number of carboxylic acids is 1. The van der Waals surface area contributed by atoms with Crippen LogP contribution in [0.5, 0.6) is 0 Å². The van der Waals surface area contributed by atoms with Crippen molar-refractivity contribution in [3.8, 4) is 0 Å². The molecule has 0 radical (unpaired) electrons. The average Bonchev–Trinajstić information content (AvgIpc) is 2.67. The maximum absolute atomic E-state index is 11.7. The number of carboxylic acid groups (broad SMARTS) is 1. The van der Waals surface area contributed by atoms with Crippen LogP contribution in [0.3, 0.4) is 0 Å². The molecule has 30 heavy (non-hydrogen) atoms. The Balaban J connectivity index is -0.0000000486. The zero-order valence-corrected chi connectivity index (χ0v) is 28.9. The summed E-state index contributed by atoms with van der Waals surface area (Å²) in [5.41, 5.74) is -0.466. The van der Waals surface area contributed by atoms with Gasteiger partial charge in [-0.15, -0.1) is 24.0 Å². The number of esters is 1. The molecule has 5 nitrogen and oxygen atoms in total. The molecule has 0 saturated carbocycles. The van der Waals surface area contributed by atoms with E-state index in [0.29, 0.717) is 13.3 Å². The number of halogens is 10. The predicted molar refractivity (Wildman–Crippen MR) is 154 cm³/mol. The van der Waals surface area contributed by atoms with Gasteiger partial charge in [0, 0.05) is 61.2 Å². The van der Waals surface area contributed by atoms with Gasteiger partial charge in [0.1, 0.15) is 6.61 Å². The molecule has 0 aliphatic carbocycles. The molecule has 0 aromatic rings. The second-order valence-corrected chi connectivity index (χ2v) is 20.3. The van der Waals surface area contributed by atoms with Gasteiger partial charge >= 0.3 is 62.4 Å². The summed E-state index contributed by atoms with van der Waals surface area (Å²) in [6, 6.07) is 0. The first-order chi connectivity index (χ1) is 12.9. The molecule has 0 amide bonds. The van der Waals surface area contributed by atoms with E-state index < -0.39 is 30.7 Å². The Bertz CT molecular complexity index is 447. The molecule has 0 saturated heterocycles. The van der Waals surface area contributed by atoms with Gasteiger partial charge < -0.3 is 14.9 Å². The number of aliphatic hydroxyl groups is 1. The van der Waals surface area contributed by atoms with Gasteiger partial charge in [-0.3, -0.25) is 9.59 Å². The van der Waals surface area contributed by atoms with Crippen LogP contribution < -0.4 is 13.3 Å². The van der Waals surface area contributed by atoms with E-state index in [2.05, 4.69) is 79.2 Å². The van der Waals surface area contributed by atoms with E-state index >= 15 is 0 Å². The molecule has 0 bridgehead atoms. The number of hydrogen-bond donors (Lipinski definition) is 2. The van der Waals surface area contributed by atoms with Crippen molar-refractivity contribution in [3.63, 3.8) is 0 Å². The van der Waals surface area contributed by atoms with E-state index in [1.54, 1.807) is 13.8 Å². The summed E-state index contributed by atoms with van der Waals surface area (Å²) in [7, 11) is 0. The normalized spacial score (nSPS) is 7.50. The van der Waals surface area contributed by atoms with Crippen molar-refractivity contribution in [2.24, 2.45) is 0 Å². The minimum absolute atomic E-state index is 0. The number of ether oxygens (including phenoxy) is 1. The van der Waals surface area contributed by atoms with E-state index in [9.17, 15) is 27.2 Å². The summed E-state index contributed by atoms with van der Waals surface area (Å²) in [6.45, 7) is 4.74. The van der Waals surface area contributed by atoms with Crippen molar-refractivity contribution in [3.05, 3.63) is 23.3 Å². The number of aliphatic hydroxyl groups excluding tert-OH is 1. The molecule has 0 spiro atoms. The van der Waals surface area contributed by atoms with Crippen LogP contribution in [0.4, 0.5) is 17.6 Å². The van der Waals surface area contributed by atoms with Gasteiger partial charge in [0.25, 0.3) is 12.2 Å². The summed E-state index contributed by atoms with van der Waals surface area (Å²) in [6.07, 6.45) is -3.14. The average molecular weight is 1120 g/mol. The third kappa shape index (κ3) is 57.4. The van der Waals surface area contributed by atoms with E-state index in [0.717, 1.165) is 0 Å². The predicted octanol–water partition coefficient (Wildman–Crippen LogP) is 5.54. The number of hydrogen-bond acceptors (Lipinski definition) is 4. The van der Waals surface area contributed by atoms with E-state index in [-0.39, 0.29) is 62.0 Å². The summed E-state index contributed by atoms with van der Waals surface area (Å²) >= 11 is 9.54. The fraction of sp³-hybridized carbons (Fsp3) is 0.600. The fourth-order valence-electron chi connectivity index (χ4n) is 0.405. The van der Waals surface area contributed by atoms with Crippen molar-refractivity contribution in [2.75, 3.05) is 13.2 Å². The molecule has 2 N–H and O–H groups in total. The molecule has 0 unspecified atom stereocenters. The Kier molecular flexibility index (Phi) is 68.9. The molecule has 188 valence electrons. The summed E-state index contributed by atoms with van der Waals surface area (Å²) in [5, 5.41) is 15.7. The summed E-state index contributed by atoms with van der Waals surface area (Å²) in [5.74, 6) is -1.21. The summed E-state index contributed by atoms with van der Waals surface area (Å²) < 4.78 is 50.1. The molecule has 0 heterocycles. The molecular weight excluding hydrogens is 1100 g/mol. The Morgan fingerprint density at radius 1 is 0.933 bits per heavy atom. The quantitative estimate of drug-likeness (QED) is 0.215. The topological polar surface area (TPSA) is 83.8 Å². The number of aliphatic carboxylic acids is 1. The van der Waals surface area contributed by atoms with Crippen LogP contribution in [0.1, 0.15) is 48.0 Å². The van der Waals surface area contributed by atoms with E-state index in [1.165, 1.54) is 13.8 Å². The zero-order chi connectivity index (χ0) is 23.7. The number of rotatable bonds is 5. The molecule has 0 aromatic heterocycles. The SMILES string of the molecule is C.CC(CO)=C(F)F.CCC(=O)O.CCC(=O)OCC(C)=C(F)F.I.II.I[I-]I. The van der Waals surface area contributed by atoms with Crippen LogP contribution in [0.2, 0.25) is 0 Å².